The minimum absolute atomic E-state index is 0.00551. The van der Waals surface area contributed by atoms with Crippen LogP contribution >= 0.6 is 0 Å². The van der Waals surface area contributed by atoms with Crippen LogP contribution in [0.2, 0.25) is 0 Å². The Bertz CT molecular complexity index is 723. The maximum absolute atomic E-state index is 10.4. The lowest BCUT2D eigenvalue weighted by Gasteiger charge is -1.95. The third-order valence-electron chi connectivity index (χ3n) is 2.72. The molecule has 2 rings (SSSR count). The van der Waals surface area contributed by atoms with Crippen LogP contribution in [0.4, 0.5) is 5.69 Å². The highest BCUT2D eigenvalue weighted by molar-refractivity contribution is 5.46. The first-order valence-electron chi connectivity index (χ1n) is 6.10. The molecule has 0 heterocycles. The molecule has 5 nitrogen and oxygen atoms in total. The fourth-order valence-electron chi connectivity index (χ4n) is 1.50. The maximum atomic E-state index is 10.4. The molecule has 0 amide bonds. The van der Waals surface area contributed by atoms with Gasteiger partial charge in [0.25, 0.3) is 5.69 Å². The number of nitro benzene ring substituents is 1. The first-order valence-corrected chi connectivity index (χ1v) is 6.10. The highest BCUT2D eigenvalue weighted by atomic mass is 16.6. The van der Waals surface area contributed by atoms with Gasteiger partial charge in [0.2, 0.25) is 0 Å². The van der Waals surface area contributed by atoms with Gasteiger partial charge in [0.15, 0.2) is 0 Å². The van der Waals surface area contributed by atoms with E-state index in [9.17, 15) is 10.1 Å². The van der Waals surface area contributed by atoms with Gasteiger partial charge in [-0.05, 0) is 32.0 Å². The topological polar surface area (TPSA) is 90.7 Å². The Labute approximate surface area is 122 Å². The summed E-state index contributed by atoms with van der Waals surface area (Å²) >= 11 is 0. The molecule has 21 heavy (non-hydrogen) atoms. The fourth-order valence-corrected chi connectivity index (χ4v) is 1.50. The molecule has 0 aliphatic heterocycles. The zero-order chi connectivity index (χ0) is 15.8. The largest absolute Gasteiger partial charge is 0.273 e. The molecule has 0 saturated heterocycles. The van der Waals surface area contributed by atoms with Gasteiger partial charge in [0.1, 0.15) is 0 Å². The second-order valence-corrected chi connectivity index (χ2v) is 4.35. The second-order valence-electron chi connectivity index (χ2n) is 4.35. The van der Waals surface area contributed by atoms with Crippen LogP contribution in [0.3, 0.4) is 0 Å². The van der Waals surface area contributed by atoms with Crippen molar-refractivity contribution in [2.24, 2.45) is 0 Å². The van der Waals surface area contributed by atoms with Gasteiger partial charge < -0.3 is 0 Å². The van der Waals surface area contributed by atoms with Crippen molar-refractivity contribution in [3.8, 4) is 12.1 Å². The minimum Gasteiger partial charge on any atom is -0.258 e. The Kier molecular flexibility index (Phi) is 5.61. The molecule has 0 bridgehead atoms. The number of nitro groups is 1. The smallest absolute Gasteiger partial charge is 0.258 e. The standard InChI is InChI=1S/C8H6N2O2.C8H7N/c1-6-2-3-7(5-9)4-8(6)10(11)12;1-7-2-4-8(6-9)5-3-7/h2-4H,1H3;2-5H,1H3. The molecule has 0 radical (unpaired) electrons. The van der Waals surface area contributed by atoms with Crippen LogP contribution in [0.5, 0.6) is 0 Å². The molecule has 5 heteroatoms. The third-order valence-corrected chi connectivity index (χ3v) is 2.72. The number of nitriles is 2. The zero-order valence-electron chi connectivity index (χ0n) is 11.7. The average Bonchev–Trinajstić information content (AvgIpc) is 2.49. The van der Waals surface area contributed by atoms with Gasteiger partial charge in [0, 0.05) is 11.6 Å². The van der Waals surface area contributed by atoms with Crippen LogP contribution < -0.4 is 0 Å². The Hall–Kier alpha value is -3.18. The van der Waals surface area contributed by atoms with E-state index in [1.165, 1.54) is 11.6 Å². The highest BCUT2D eigenvalue weighted by Gasteiger charge is 2.09. The van der Waals surface area contributed by atoms with E-state index in [4.69, 9.17) is 10.5 Å². The van der Waals surface area contributed by atoms with Crippen LogP contribution in [-0.2, 0) is 0 Å². The number of benzene rings is 2. The van der Waals surface area contributed by atoms with E-state index in [1.54, 1.807) is 19.1 Å². The molecule has 0 aliphatic carbocycles. The lowest BCUT2D eigenvalue weighted by Crippen LogP contribution is -1.91. The third kappa shape index (κ3) is 4.77. The van der Waals surface area contributed by atoms with Crippen LogP contribution in [0.15, 0.2) is 42.5 Å². The minimum atomic E-state index is -0.490. The molecule has 0 aliphatic rings. The summed E-state index contributed by atoms with van der Waals surface area (Å²) in [6.07, 6.45) is 0. The number of hydrogen-bond donors (Lipinski definition) is 0. The van der Waals surface area contributed by atoms with Gasteiger partial charge in [-0.3, -0.25) is 10.1 Å². The van der Waals surface area contributed by atoms with Crippen molar-refractivity contribution in [1.82, 2.24) is 0 Å². The Morgan fingerprint density at radius 3 is 1.95 bits per heavy atom. The summed E-state index contributed by atoms with van der Waals surface area (Å²) in [7, 11) is 0. The van der Waals surface area contributed by atoms with Crippen LogP contribution in [-0.4, -0.2) is 4.92 Å². The molecule has 0 spiro atoms. The van der Waals surface area contributed by atoms with E-state index < -0.39 is 4.92 Å². The summed E-state index contributed by atoms with van der Waals surface area (Å²) in [5, 5.41) is 27.2. The molecule has 104 valence electrons. The lowest BCUT2D eigenvalue weighted by atomic mass is 10.1. The quantitative estimate of drug-likeness (QED) is 0.588. The van der Waals surface area contributed by atoms with E-state index >= 15 is 0 Å². The maximum Gasteiger partial charge on any atom is 0.273 e. The van der Waals surface area contributed by atoms with E-state index in [0.29, 0.717) is 11.1 Å². The summed E-state index contributed by atoms with van der Waals surface area (Å²) in [5.74, 6) is 0. The average molecular weight is 279 g/mol. The highest BCUT2D eigenvalue weighted by Crippen LogP contribution is 2.18. The SMILES string of the molecule is Cc1ccc(C#N)cc1.Cc1ccc(C#N)cc1[N+](=O)[O-]. The van der Waals surface area contributed by atoms with Crippen molar-refractivity contribution in [2.75, 3.05) is 0 Å². The first-order chi connectivity index (χ1) is 9.97. The predicted octanol–water partition coefficient (Wildman–Crippen LogP) is 3.64. The molecule has 0 fully saturated rings. The molecular weight excluding hydrogens is 266 g/mol. The zero-order valence-corrected chi connectivity index (χ0v) is 11.7. The summed E-state index contributed by atoms with van der Waals surface area (Å²) in [6.45, 7) is 3.64. The van der Waals surface area contributed by atoms with Gasteiger partial charge in [-0.2, -0.15) is 10.5 Å². The summed E-state index contributed by atoms with van der Waals surface area (Å²) < 4.78 is 0. The molecule has 2 aromatic carbocycles. The summed E-state index contributed by atoms with van der Waals surface area (Å²) in [4.78, 5) is 9.90. The predicted molar refractivity (Wildman–Crippen MR) is 78.4 cm³/mol. The van der Waals surface area contributed by atoms with Crippen molar-refractivity contribution in [2.45, 2.75) is 13.8 Å². The normalized spacial score (nSPS) is 8.76. The molecule has 0 unspecified atom stereocenters. The number of nitrogens with zero attached hydrogens (tertiary/aromatic N) is 3. The van der Waals surface area contributed by atoms with E-state index in [2.05, 4.69) is 6.07 Å². The first kappa shape index (κ1) is 15.9. The Morgan fingerprint density at radius 2 is 1.48 bits per heavy atom. The lowest BCUT2D eigenvalue weighted by molar-refractivity contribution is -0.385. The van der Waals surface area contributed by atoms with Gasteiger partial charge in [-0.15, -0.1) is 0 Å². The van der Waals surface area contributed by atoms with Gasteiger partial charge in [0.05, 0.1) is 28.2 Å². The van der Waals surface area contributed by atoms with Crippen LogP contribution in [0.1, 0.15) is 22.3 Å². The summed E-state index contributed by atoms with van der Waals surface area (Å²) in [6, 6.07) is 15.8. The van der Waals surface area contributed by atoms with Crippen molar-refractivity contribution in [3.05, 3.63) is 74.8 Å². The van der Waals surface area contributed by atoms with Crippen molar-refractivity contribution < 1.29 is 4.92 Å². The monoisotopic (exact) mass is 279 g/mol. The van der Waals surface area contributed by atoms with Gasteiger partial charge >= 0.3 is 0 Å². The second kappa shape index (κ2) is 7.42. The van der Waals surface area contributed by atoms with E-state index in [1.807, 2.05) is 37.3 Å². The van der Waals surface area contributed by atoms with Crippen molar-refractivity contribution in [3.63, 3.8) is 0 Å². The van der Waals surface area contributed by atoms with Crippen LogP contribution in [0, 0.1) is 46.6 Å². The number of hydrogen-bond acceptors (Lipinski definition) is 4. The molecule has 0 saturated carbocycles. The van der Waals surface area contributed by atoms with E-state index in [0.717, 1.165) is 5.56 Å². The number of aryl methyl sites for hydroxylation is 2. The van der Waals surface area contributed by atoms with Crippen molar-refractivity contribution in [1.29, 1.82) is 10.5 Å². The van der Waals surface area contributed by atoms with Gasteiger partial charge in [-0.25, -0.2) is 0 Å². The summed E-state index contributed by atoms with van der Waals surface area (Å²) in [5.41, 5.74) is 2.79. The van der Waals surface area contributed by atoms with Crippen molar-refractivity contribution >= 4 is 5.69 Å². The molecule has 2 aromatic rings. The van der Waals surface area contributed by atoms with Crippen LogP contribution in [0.25, 0.3) is 0 Å². The van der Waals surface area contributed by atoms with E-state index in [-0.39, 0.29) is 5.69 Å². The Balaban J connectivity index is 0.000000219. The number of rotatable bonds is 1. The molecule has 0 N–H and O–H groups in total. The molecular formula is C16H13N3O2. The molecule has 0 atom stereocenters. The Morgan fingerprint density at radius 1 is 0.952 bits per heavy atom. The van der Waals surface area contributed by atoms with Gasteiger partial charge in [-0.1, -0.05) is 23.8 Å². The molecule has 0 aromatic heterocycles. The fraction of sp³-hybridized carbons (Fsp3) is 0.125.